The Balaban J connectivity index is 2.29. The molecule has 0 bridgehead atoms. The van der Waals surface area contributed by atoms with Gasteiger partial charge in [0, 0.05) is 0 Å². The second-order valence-corrected chi connectivity index (χ2v) is 4.90. The second-order valence-electron chi connectivity index (χ2n) is 4.90. The first-order chi connectivity index (χ1) is 6.22. The van der Waals surface area contributed by atoms with Crippen molar-refractivity contribution in [3.63, 3.8) is 0 Å². The average Bonchev–Trinajstić information content (AvgIpc) is 2.08. The molecule has 0 saturated heterocycles. The van der Waals surface area contributed by atoms with Gasteiger partial charge >= 0.3 is 0 Å². The molecular formula is C13H24. The normalized spacial score (nSPS) is 28.3. The van der Waals surface area contributed by atoms with Crippen LogP contribution in [0.15, 0.2) is 12.2 Å². The van der Waals surface area contributed by atoms with Gasteiger partial charge in [0.15, 0.2) is 0 Å². The standard InChI is InChI=1S/C13H24/c1-4-5-12-6-8-13(9-7-12)10-11(2)3/h6,8,11-13H,4-5,7,9-10H2,1-3H3. The Morgan fingerprint density at radius 1 is 1.15 bits per heavy atom. The summed E-state index contributed by atoms with van der Waals surface area (Å²) in [6.45, 7) is 6.94. The lowest BCUT2D eigenvalue weighted by molar-refractivity contribution is 0.382. The third-order valence-electron chi connectivity index (χ3n) is 3.00. The Bertz CT molecular complexity index is 155. The van der Waals surface area contributed by atoms with E-state index in [-0.39, 0.29) is 0 Å². The van der Waals surface area contributed by atoms with E-state index in [0.717, 1.165) is 17.8 Å². The molecule has 0 saturated carbocycles. The van der Waals surface area contributed by atoms with Crippen LogP contribution in [0.4, 0.5) is 0 Å². The van der Waals surface area contributed by atoms with E-state index >= 15 is 0 Å². The van der Waals surface area contributed by atoms with Gasteiger partial charge in [-0.2, -0.15) is 0 Å². The summed E-state index contributed by atoms with van der Waals surface area (Å²) in [6.07, 6.45) is 11.9. The fourth-order valence-electron chi connectivity index (χ4n) is 2.35. The fraction of sp³-hybridized carbons (Fsp3) is 0.846. The summed E-state index contributed by atoms with van der Waals surface area (Å²) in [5.74, 6) is 2.64. The third-order valence-corrected chi connectivity index (χ3v) is 3.00. The molecule has 0 nitrogen and oxygen atoms in total. The quantitative estimate of drug-likeness (QED) is 0.562. The Morgan fingerprint density at radius 2 is 1.77 bits per heavy atom. The van der Waals surface area contributed by atoms with Crippen LogP contribution in [0.1, 0.15) is 52.9 Å². The predicted octanol–water partition coefficient (Wildman–Crippen LogP) is 4.42. The van der Waals surface area contributed by atoms with Crippen molar-refractivity contribution in [2.24, 2.45) is 17.8 Å². The van der Waals surface area contributed by atoms with E-state index < -0.39 is 0 Å². The van der Waals surface area contributed by atoms with Gasteiger partial charge in [-0.25, -0.2) is 0 Å². The first-order valence-electron chi connectivity index (χ1n) is 5.90. The molecule has 0 heterocycles. The molecule has 2 atom stereocenters. The highest BCUT2D eigenvalue weighted by molar-refractivity contribution is 4.97. The van der Waals surface area contributed by atoms with Crippen LogP contribution in [0, 0.1) is 17.8 Å². The molecule has 0 N–H and O–H groups in total. The van der Waals surface area contributed by atoms with Gasteiger partial charge in [-0.1, -0.05) is 39.3 Å². The zero-order valence-electron chi connectivity index (χ0n) is 9.42. The maximum absolute atomic E-state index is 2.48. The van der Waals surface area contributed by atoms with Gasteiger partial charge in [-0.05, 0) is 43.4 Å². The predicted molar refractivity (Wildman–Crippen MR) is 59.7 cm³/mol. The summed E-state index contributed by atoms with van der Waals surface area (Å²) in [5.41, 5.74) is 0. The van der Waals surface area contributed by atoms with Crippen LogP contribution in [0.25, 0.3) is 0 Å². The van der Waals surface area contributed by atoms with Crippen LogP contribution >= 0.6 is 0 Å². The SMILES string of the molecule is CCCC1C=CC(CC(C)C)CC1. The van der Waals surface area contributed by atoms with Gasteiger partial charge in [0.25, 0.3) is 0 Å². The number of hydrogen-bond donors (Lipinski definition) is 0. The fourth-order valence-corrected chi connectivity index (χ4v) is 2.35. The first-order valence-corrected chi connectivity index (χ1v) is 5.90. The smallest absolute Gasteiger partial charge is 0.0231 e. The molecule has 0 fully saturated rings. The molecule has 0 radical (unpaired) electrons. The highest BCUT2D eigenvalue weighted by atomic mass is 14.2. The Labute approximate surface area is 83.4 Å². The van der Waals surface area contributed by atoms with Crippen LogP contribution in [-0.4, -0.2) is 0 Å². The van der Waals surface area contributed by atoms with Gasteiger partial charge in [-0.3, -0.25) is 0 Å². The minimum absolute atomic E-state index is 0.859. The number of rotatable bonds is 4. The zero-order valence-corrected chi connectivity index (χ0v) is 9.42. The molecule has 0 aromatic carbocycles. The van der Waals surface area contributed by atoms with Crippen LogP contribution < -0.4 is 0 Å². The topological polar surface area (TPSA) is 0 Å². The van der Waals surface area contributed by atoms with E-state index in [1.807, 2.05) is 0 Å². The van der Waals surface area contributed by atoms with Crippen molar-refractivity contribution in [2.45, 2.75) is 52.9 Å². The van der Waals surface area contributed by atoms with Crippen LogP contribution in [-0.2, 0) is 0 Å². The molecule has 0 aromatic rings. The molecule has 1 aliphatic rings. The highest BCUT2D eigenvalue weighted by Crippen LogP contribution is 2.29. The lowest BCUT2D eigenvalue weighted by Crippen LogP contribution is -2.10. The molecule has 1 aliphatic carbocycles. The average molecular weight is 180 g/mol. The first kappa shape index (κ1) is 10.8. The molecule has 0 heteroatoms. The van der Waals surface area contributed by atoms with Crippen molar-refractivity contribution in [3.8, 4) is 0 Å². The Morgan fingerprint density at radius 3 is 2.23 bits per heavy atom. The maximum atomic E-state index is 2.48. The van der Waals surface area contributed by atoms with E-state index in [1.165, 1.54) is 32.1 Å². The number of hydrogen-bond acceptors (Lipinski definition) is 0. The lowest BCUT2D eigenvalue weighted by Gasteiger charge is -2.23. The van der Waals surface area contributed by atoms with Gasteiger partial charge in [0.05, 0.1) is 0 Å². The van der Waals surface area contributed by atoms with Gasteiger partial charge < -0.3 is 0 Å². The summed E-state index contributed by atoms with van der Waals surface area (Å²) in [7, 11) is 0. The van der Waals surface area contributed by atoms with Crippen LogP contribution in [0.2, 0.25) is 0 Å². The van der Waals surface area contributed by atoms with Crippen LogP contribution in [0.5, 0.6) is 0 Å². The van der Waals surface area contributed by atoms with E-state index in [9.17, 15) is 0 Å². The summed E-state index contributed by atoms with van der Waals surface area (Å²) >= 11 is 0. The summed E-state index contributed by atoms with van der Waals surface area (Å²) in [6, 6.07) is 0. The van der Waals surface area contributed by atoms with Crippen molar-refractivity contribution < 1.29 is 0 Å². The molecule has 13 heavy (non-hydrogen) atoms. The number of allylic oxidation sites excluding steroid dienone is 2. The Kier molecular flexibility index (Phi) is 4.55. The van der Waals surface area contributed by atoms with E-state index in [4.69, 9.17) is 0 Å². The van der Waals surface area contributed by atoms with Crippen molar-refractivity contribution in [2.75, 3.05) is 0 Å². The van der Waals surface area contributed by atoms with E-state index in [2.05, 4.69) is 32.9 Å². The summed E-state index contributed by atoms with van der Waals surface area (Å²) < 4.78 is 0. The summed E-state index contributed by atoms with van der Waals surface area (Å²) in [4.78, 5) is 0. The molecule has 2 unspecified atom stereocenters. The van der Waals surface area contributed by atoms with Gasteiger partial charge in [0.1, 0.15) is 0 Å². The lowest BCUT2D eigenvalue weighted by atomic mass is 9.82. The Hall–Kier alpha value is -0.260. The maximum Gasteiger partial charge on any atom is -0.0231 e. The molecule has 76 valence electrons. The van der Waals surface area contributed by atoms with Crippen molar-refractivity contribution >= 4 is 0 Å². The van der Waals surface area contributed by atoms with Crippen molar-refractivity contribution in [1.82, 2.24) is 0 Å². The second kappa shape index (κ2) is 5.47. The molecule has 0 spiro atoms. The summed E-state index contributed by atoms with van der Waals surface area (Å²) in [5, 5.41) is 0. The van der Waals surface area contributed by atoms with Crippen LogP contribution in [0.3, 0.4) is 0 Å². The minimum Gasteiger partial charge on any atom is -0.0851 e. The monoisotopic (exact) mass is 180 g/mol. The molecule has 0 aliphatic heterocycles. The van der Waals surface area contributed by atoms with E-state index in [1.54, 1.807) is 0 Å². The zero-order chi connectivity index (χ0) is 9.68. The molecule has 1 rings (SSSR count). The van der Waals surface area contributed by atoms with E-state index in [0.29, 0.717) is 0 Å². The van der Waals surface area contributed by atoms with Gasteiger partial charge in [0.2, 0.25) is 0 Å². The third kappa shape index (κ3) is 3.97. The van der Waals surface area contributed by atoms with Gasteiger partial charge in [-0.15, -0.1) is 0 Å². The van der Waals surface area contributed by atoms with Crippen molar-refractivity contribution in [3.05, 3.63) is 12.2 Å². The minimum atomic E-state index is 0.859. The molecule has 0 amide bonds. The highest BCUT2D eigenvalue weighted by Gasteiger charge is 2.15. The largest absolute Gasteiger partial charge is 0.0851 e. The molecular weight excluding hydrogens is 156 g/mol. The van der Waals surface area contributed by atoms with Crippen molar-refractivity contribution in [1.29, 1.82) is 0 Å². The molecule has 0 aromatic heterocycles.